The van der Waals surface area contributed by atoms with Crippen LogP contribution in [0.1, 0.15) is 29.0 Å². The Morgan fingerprint density at radius 3 is 2.10 bits per heavy atom. The van der Waals surface area contributed by atoms with Crippen LogP contribution in [0.4, 0.5) is 32.1 Å². The number of hydrogen-bond acceptors (Lipinski definition) is 9. The van der Waals surface area contributed by atoms with Gasteiger partial charge < -0.3 is 20.9 Å². The predicted octanol–water partition coefficient (Wildman–Crippen LogP) is 3.09. The number of fused-ring (bicyclic) bond motifs is 2. The largest absolute Gasteiger partial charge is 0.382 e. The monoisotopic (exact) mass is 561 g/mol. The number of nitrogen functional groups attached to an aromatic ring is 1. The number of carbonyl (C=O) groups excluding carboxylic acids is 1. The Morgan fingerprint density at radius 2 is 1.49 bits per heavy atom. The average Bonchev–Trinajstić information content (AvgIpc) is 3.77. The van der Waals surface area contributed by atoms with Crippen LogP contribution in [0, 0.1) is 6.92 Å². The summed E-state index contributed by atoms with van der Waals surface area (Å²) in [6.07, 6.45) is 2.60. The van der Waals surface area contributed by atoms with Gasteiger partial charge in [-0.2, -0.15) is 9.03 Å². The molecule has 0 radical (unpaired) electrons. The zero-order valence-corrected chi connectivity index (χ0v) is 22.4. The zero-order valence-electron chi connectivity index (χ0n) is 22.4. The molecule has 2 saturated heterocycles. The topological polar surface area (TPSA) is 135 Å². The van der Waals surface area contributed by atoms with Gasteiger partial charge in [-0.3, -0.25) is 4.79 Å². The molecular weight excluding hydrogens is 532 g/mol. The van der Waals surface area contributed by atoms with Gasteiger partial charge in [-0.1, -0.05) is 6.07 Å². The maximum Gasteiger partial charge on any atom is 0.275 e. The van der Waals surface area contributed by atoms with E-state index < -0.39 is 12.3 Å². The lowest BCUT2D eigenvalue weighted by Crippen LogP contribution is -2.22. The summed E-state index contributed by atoms with van der Waals surface area (Å²) in [5, 5.41) is 11.6. The van der Waals surface area contributed by atoms with E-state index in [9.17, 15) is 13.6 Å². The number of alkyl halides is 2. The highest BCUT2D eigenvalue weighted by Gasteiger charge is 2.24. The minimum atomic E-state index is -0.827. The molecular formula is C27H29F2N11O. The number of rotatable bonds is 4. The predicted molar refractivity (Wildman–Crippen MR) is 151 cm³/mol. The van der Waals surface area contributed by atoms with Crippen molar-refractivity contribution in [3.05, 3.63) is 66.2 Å². The molecule has 0 unspecified atom stereocenters. The van der Waals surface area contributed by atoms with E-state index in [-0.39, 0.29) is 5.91 Å². The fraction of sp³-hybridized carbons (Fsp3) is 0.333. The van der Waals surface area contributed by atoms with E-state index in [1.54, 1.807) is 39.6 Å². The van der Waals surface area contributed by atoms with Crippen LogP contribution in [0.3, 0.4) is 0 Å². The summed E-state index contributed by atoms with van der Waals surface area (Å²) < 4.78 is 29.6. The van der Waals surface area contributed by atoms with Gasteiger partial charge in [0.05, 0.1) is 25.5 Å². The number of halogens is 2. The number of hydrogen-bond donors (Lipinski definition) is 2. The quantitative estimate of drug-likeness (QED) is 0.339. The first-order chi connectivity index (χ1) is 19.8. The van der Waals surface area contributed by atoms with Crippen LogP contribution in [-0.4, -0.2) is 78.6 Å². The molecule has 7 rings (SSSR count). The van der Waals surface area contributed by atoms with Crippen molar-refractivity contribution >= 4 is 40.5 Å². The summed E-state index contributed by atoms with van der Waals surface area (Å²) in [5.41, 5.74) is 8.12. The van der Waals surface area contributed by atoms with Crippen molar-refractivity contribution in [3.8, 4) is 0 Å². The average molecular weight is 562 g/mol. The molecule has 2 atom stereocenters. The second-order valence-electron chi connectivity index (χ2n) is 10.0. The number of pyridine rings is 1. The van der Waals surface area contributed by atoms with Crippen molar-refractivity contribution in [1.29, 1.82) is 0 Å². The van der Waals surface area contributed by atoms with Crippen molar-refractivity contribution in [1.82, 2.24) is 34.2 Å². The summed E-state index contributed by atoms with van der Waals surface area (Å²) in [4.78, 5) is 28.7. The van der Waals surface area contributed by atoms with E-state index >= 15 is 0 Å². The number of anilines is 4. The SMILES string of the molecule is Cc1cccc(C(=O)Nc2cnc3ccc(N4CC[C@H](F)C4)nn23)n1.Nc1cnc2ccc(N3CC[C@H](F)C3)nn12. The lowest BCUT2D eigenvalue weighted by Gasteiger charge is -2.16. The van der Waals surface area contributed by atoms with Gasteiger partial charge >= 0.3 is 0 Å². The van der Waals surface area contributed by atoms with Crippen molar-refractivity contribution in [2.45, 2.75) is 32.1 Å². The molecule has 0 spiro atoms. The van der Waals surface area contributed by atoms with Crippen molar-refractivity contribution in [2.24, 2.45) is 0 Å². The van der Waals surface area contributed by atoms with E-state index in [4.69, 9.17) is 5.73 Å². The highest BCUT2D eigenvalue weighted by Crippen LogP contribution is 2.22. The Hall–Kier alpha value is -4.88. The molecule has 0 aromatic carbocycles. The van der Waals surface area contributed by atoms with Crippen molar-refractivity contribution < 1.29 is 13.6 Å². The first kappa shape index (κ1) is 26.3. The number of nitrogens with zero attached hydrogens (tertiary/aromatic N) is 9. The Labute approximate surface area is 233 Å². The number of carbonyl (C=O) groups is 1. The molecule has 212 valence electrons. The van der Waals surface area contributed by atoms with Gasteiger partial charge in [0, 0.05) is 18.8 Å². The molecule has 2 aliphatic heterocycles. The van der Waals surface area contributed by atoms with Gasteiger partial charge in [-0.05, 0) is 56.2 Å². The molecule has 12 nitrogen and oxygen atoms in total. The van der Waals surface area contributed by atoms with Crippen LogP contribution in [0.5, 0.6) is 0 Å². The second-order valence-corrected chi connectivity index (χ2v) is 10.0. The summed E-state index contributed by atoms with van der Waals surface area (Å²) >= 11 is 0. The van der Waals surface area contributed by atoms with Gasteiger partial charge in [0.15, 0.2) is 17.1 Å². The highest BCUT2D eigenvalue weighted by atomic mass is 19.1. The normalized spacial score (nSPS) is 18.6. The third-order valence-electron chi connectivity index (χ3n) is 6.99. The maximum absolute atomic E-state index is 13.4. The van der Waals surface area contributed by atoms with Gasteiger partial charge in [0.1, 0.15) is 35.5 Å². The maximum atomic E-state index is 13.4. The van der Waals surface area contributed by atoms with E-state index in [0.29, 0.717) is 73.5 Å². The second kappa shape index (κ2) is 10.9. The van der Waals surface area contributed by atoms with Crippen LogP contribution in [0.25, 0.3) is 11.3 Å². The number of nitrogens with two attached hydrogens (primary N) is 1. The van der Waals surface area contributed by atoms with Gasteiger partial charge in [-0.15, -0.1) is 10.2 Å². The molecule has 0 aliphatic carbocycles. The molecule has 41 heavy (non-hydrogen) atoms. The molecule has 2 aliphatic rings. The molecule has 2 fully saturated rings. The molecule has 0 bridgehead atoms. The highest BCUT2D eigenvalue weighted by molar-refractivity contribution is 6.02. The van der Waals surface area contributed by atoms with Crippen molar-refractivity contribution in [2.75, 3.05) is 47.0 Å². The Morgan fingerprint density at radius 1 is 0.878 bits per heavy atom. The van der Waals surface area contributed by atoms with Crippen LogP contribution in [0.2, 0.25) is 0 Å². The summed E-state index contributed by atoms with van der Waals surface area (Å²) in [6.45, 7) is 3.90. The first-order valence-corrected chi connectivity index (χ1v) is 13.3. The Balaban J connectivity index is 0.000000162. The molecule has 5 aromatic rings. The minimum Gasteiger partial charge on any atom is -0.382 e. The Bertz CT molecular complexity index is 1700. The fourth-order valence-corrected chi connectivity index (χ4v) is 4.87. The van der Waals surface area contributed by atoms with E-state index in [1.807, 2.05) is 41.0 Å². The summed E-state index contributed by atoms with van der Waals surface area (Å²) in [5.74, 6) is 2.02. The Kier molecular flexibility index (Phi) is 7.03. The van der Waals surface area contributed by atoms with Crippen LogP contribution < -0.4 is 20.9 Å². The van der Waals surface area contributed by atoms with Gasteiger partial charge in [-0.25, -0.2) is 23.7 Å². The number of aromatic nitrogens is 7. The van der Waals surface area contributed by atoms with Crippen LogP contribution >= 0.6 is 0 Å². The molecule has 0 saturated carbocycles. The standard InChI is InChI=1S/C17H17FN6O.C10H12FN5/c1-11-3-2-4-13(20-11)17(25)21-16-9-19-14-5-6-15(22-24(14)16)23-8-7-12(18)10-23;11-7-3-4-15(6-7)10-2-1-9-13-5-8(12)16(9)14-10/h2-6,9,12H,7-8,10H2,1H3,(H,21,25);1-2,5,7H,3-4,6,12H2/t12-;7-/m00/s1. The number of aryl methyl sites for hydroxylation is 1. The van der Waals surface area contributed by atoms with Gasteiger partial charge in [0.25, 0.3) is 5.91 Å². The van der Waals surface area contributed by atoms with E-state index in [2.05, 4.69) is 30.5 Å². The third-order valence-corrected chi connectivity index (χ3v) is 6.99. The smallest absolute Gasteiger partial charge is 0.275 e. The fourth-order valence-electron chi connectivity index (χ4n) is 4.87. The lowest BCUT2D eigenvalue weighted by atomic mass is 10.3. The van der Waals surface area contributed by atoms with E-state index in [1.165, 1.54) is 0 Å². The van der Waals surface area contributed by atoms with Gasteiger partial charge in [0.2, 0.25) is 0 Å². The number of nitrogens with one attached hydrogen (secondary N) is 1. The van der Waals surface area contributed by atoms with E-state index in [0.717, 1.165) is 11.5 Å². The summed E-state index contributed by atoms with van der Waals surface area (Å²) in [7, 11) is 0. The molecule has 14 heteroatoms. The molecule has 1 amide bonds. The number of imidazole rings is 2. The zero-order chi connectivity index (χ0) is 28.5. The third kappa shape index (κ3) is 5.58. The summed E-state index contributed by atoms with van der Waals surface area (Å²) in [6, 6.07) is 12.6. The molecule has 7 heterocycles. The number of amides is 1. The lowest BCUT2D eigenvalue weighted by molar-refractivity contribution is 0.102. The van der Waals surface area contributed by atoms with Crippen LogP contribution in [-0.2, 0) is 0 Å². The first-order valence-electron chi connectivity index (χ1n) is 13.3. The molecule has 5 aromatic heterocycles. The van der Waals surface area contributed by atoms with Crippen molar-refractivity contribution in [3.63, 3.8) is 0 Å². The minimum absolute atomic E-state index is 0.325. The molecule has 3 N–H and O–H groups in total. The van der Waals surface area contributed by atoms with Crippen LogP contribution in [0.15, 0.2) is 54.9 Å².